The smallest absolute Gasteiger partial charge is 0.269 e. The maximum atomic E-state index is 12.6. The zero-order valence-corrected chi connectivity index (χ0v) is 17.4. The first kappa shape index (κ1) is 21.9. The monoisotopic (exact) mass is 429 g/mol. The second-order valence-electron chi connectivity index (χ2n) is 6.93. The SMILES string of the molecule is COc1cc(N2C[C@@H](C(=O)NCc3ccc([N+](=O)[O-])cc3)CC2=O)cc(OC)c1OC. The molecule has 10 heteroatoms. The van der Waals surface area contributed by atoms with E-state index < -0.39 is 10.8 Å². The molecule has 1 aliphatic heterocycles. The lowest BCUT2D eigenvalue weighted by Gasteiger charge is -2.20. The van der Waals surface area contributed by atoms with Gasteiger partial charge in [-0.1, -0.05) is 12.1 Å². The van der Waals surface area contributed by atoms with Crippen LogP contribution in [-0.2, 0) is 16.1 Å². The normalized spacial score (nSPS) is 15.5. The molecular formula is C21H23N3O7. The summed E-state index contributed by atoms with van der Waals surface area (Å²) in [6, 6.07) is 9.26. The maximum Gasteiger partial charge on any atom is 0.269 e. The molecule has 10 nitrogen and oxygen atoms in total. The number of carbonyl (C=O) groups is 2. The summed E-state index contributed by atoms with van der Waals surface area (Å²) in [7, 11) is 4.47. The van der Waals surface area contributed by atoms with Crippen LogP contribution in [0.4, 0.5) is 11.4 Å². The van der Waals surface area contributed by atoms with E-state index in [1.54, 1.807) is 24.3 Å². The number of rotatable bonds is 8. The first-order valence-corrected chi connectivity index (χ1v) is 9.49. The standard InChI is InChI=1S/C21H23N3O7/c1-29-17-9-16(10-18(30-2)20(17)31-3)23-12-14(8-19(23)25)21(26)22-11-13-4-6-15(7-5-13)24(27)28/h4-7,9-10,14H,8,11-12H2,1-3H3,(H,22,26)/t14-/m0/s1. The number of benzene rings is 2. The number of anilines is 1. The van der Waals surface area contributed by atoms with Gasteiger partial charge in [0.1, 0.15) is 0 Å². The molecule has 1 N–H and O–H groups in total. The summed E-state index contributed by atoms with van der Waals surface area (Å²) in [5, 5.41) is 13.5. The van der Waals surface area contributed by atoms with Gasteiger partial charge in [0.15, 0.2) is 11.5 Å². The van der Waals surface area contributed by atoms with E-state index in [1.165, 1.54) is 38.4 Å². The van der Waals surface area contributed by atoms with Crippen molar-refractivity contribution in [3.05, 3.63) is 52.1 Å². The Morgan fingerprint density at radius 3 is 2.26 bits per heavy atom. The van der Waals surface area contributed by atoms with Crippen molar-refractivity contribution in [3.8, 4) is 17.2 Å². The second kappa shape index (κ2) is 9.33. The van der Waals surface area contributed by atoms with Crippen LogP contribution in [0, 0.1) is 16.0 Å². The lowest BCUT2D eigenvalue weighted by atomic mass is 10.1. The lowest BCUT2D eigenvalue weighted by Crippen LogP contribution is -2.32. The first-order valence-electron chi connectivity index (χ1n) is 9.49. The highest BCUT2D eigenvalue weighted by molar-refractivity contribution is 6.00. The maximum absolute atomic E-state index is 12.6. The van der Waals surface area contributed by atoms with Crippen LogP contribution in [0.2, 0.25) is 0 Å². The molecule has 1 aliphatic rings. The lowest BCUT2D eigenvalue weighted by molar-refractivity contribution is -0.384. The predicted molar refractivity (Wildman–Crippen MR) is 112 cm³/mol. The van der Waals surface area contributed by atoms with Gasteiger partial charge in [-0.3, -0.25) is 19.7 Å². The number of ether oxygens (including phenoxy) is 3. The summed E-state index contributed by atoms with van der Waals surface area (Å²) in [6.45, 7) is 0.426. The second-order valence-corrected chi connectivity index (χ2v) is 6.93. The Labute approximate surface area is 178 Å². The van der Waals surface area contributed by atoms with Crippen molar-refractivity contribution >= 4 is 23.2 Å². The molecule has 31 heavy (non-hydrogen) atoms. The van der Waals surface area contributed by atoms with Crippen LogP contribution in [0.1, 0.15) is 12.0 Å². The minimum absolute atomic E-state index is 0.0162. The van der Waals surface area contributed by atoms with Gasteiger partial charge in [-0.05, 0) is 5.56 Å². The van der Waals surface area contributed by atoms with Crippen LogP contribution < -0.4 is 24.4 Å². The molecule has 2 amide bonds. The largest absolute Gasteiger partial charge is 0.493 e. The number of nitro benzene ring substituents is 1. The number of methoxy groups -OCH3 is 3. The van der Waals surface area contributed by atoms with Crippen molar-refractivity contribution in [2.24, 2.45) is 5.92 Å². The predicted octanol–water partition coefficient (Wildman–Crippen LogP) is 2.29. The highest BCUT2D eigenvalue weighted by Crippen LogP contribution is 2.42. The molecule has 1 heterocycles. The van der Waals surface area contributed by atoms with E-state index >= 15 is 0 Å². The minimum Gasteiger partial charge on any atom is -0.493 e. The third kappa shape index (κ3) is 4.68. The van der Waals surface area contributed by atoms with Crippen molar-refractivity contribution < 1.29 is 28.7 Å². The quantitative estimate of drug-likeness (QED) is 0.505. The van der Waals surface area contributed by atoms with E-state index in [1.807, 2.05) is 0 Å². The Bertz CT molecular complexity index is 966. The molecule has 3 rings (SSSR count). The molecular weight excluding hydrogens is 406 g/mol. The average molecular weight is 429 g/mol. The number of nitro groups is 1. The van der Waals surface area contributed by atoms with Crippen LogP contribution in [0.5, 0.6) is 17.2 Å². The number of carbonyl (C=O) groups excluding carboxylic acids is 2. The van der Waals surface area contributed by atoms with E-state index in [2.05, 4.69) is 5.32 Å². The molecule has 1 atom stereocenters. The molecule has 0 aliphatic carbocycles. The van der Waals surface area contributed by atoms with E-state index in [9.17, 15) is 19.7 Å². The van der Waals surface area contributed by atoms with E-state index in [-0.39, 0.29) is 37.0 Å². The van der Waals surface area contributed by atoms with Crippen molar-refractivity contribution in [2.45, 2.75) is 13.0 Å². The molecule has 0 bridgehead atoms. The zero-order chi connectivity index (χ0) is 22.5. The summed E-state index contributed by atoms with van der Waals surface area (Å²) in [6.07, 6.45) is 0.0722. The third-order valence-corrected chi connectivity index (χ3v) is 5.07. The van der Waals surface area contributed by atoms with Crippen molar-refractivity contribution in [3.63, 3.8) is 0 Å². The van der Waals surface area contributed by atoms with Gasteiger partial charge in [-0.2, -0.15) is 0 Å². The van der Waals surface area contributed by atoms with Crippen molar-refractivity contribution in [2.75, 3.05) is 32.8 Å². The summed E-state index contributed by atoms with van der Waals surface area (Å²) in [4.78, 5) is 36.9. The summed E-state index contributed by atoms with van der Waals surface area (Å²) in [5.74, 6) is 0.264. The topological polar surface area (TPSA) is 120 Å². The molecule has 2 aromatic rings. The van der Waals surface area contributed by atoms with Gasteiger partial charge in [0, 0.05) is 43.8 Å². The van der Waals surface area contributed by atoms with Crippen LogP contribution in [0.3, 0.4) is 0 Å². The Kier molecular flexibility index (Phi) is 6.58. The number of nitrogens with zero attached hydrogens (tertiary/aromatic N) is 2. The number of hydrogen-bond donors (Lipinski definition) is 1. The molecule has 1 saturated heterocycles. The van der Waals surface area contributed by atoms with E-state index in [4.69, 9.17) is 14.2 Å². The van der Waals surface area contributed by atoms with Crippen LogP contribution >= 0.6 is 0 Å². The Morgan fingerprint density at radius 2 is 1.74 bits per heavy atom. The fourth-order valence-corrected chi connectivity index (χ4v) is 3.42. The number of hydrogen-bond acceptors (Lipinski definition) is 7. The van der Waals surface area contributed by atoms with Gasteiger partial charge < -0.3 is 24.4 Å². The number of nitrogens with one attached hydrogen (secondary N) is 1. The summed E-state index contributed by atoms with van der Waals surface area (Å²) >= 11 is 0. The van der Waals surface area contributed by atoms with Gasteiger partial charge in [-0.15, -0.1) is 0 Å². The molecule has 0 aromatic heterocycles. The molecule has 164 valence electrons. The van der Waals surface area contributed by atoms with Gasteiger partial charge in [-0.25, -0.2) is 0 Å². The Balaban J connectivity index is 1.68. The summed E-state index contributed by atoms with van der Waals surface area (Å²) in [5.41, 5.74) is 1.26. The molecule has 0 radical (unpaired) electrons. The fraction of sp³-hybridized carbons (Fsp3) is 0.333. The molecule has 2 aromatic carbocycles. The Hall–Kier alpha value is -3.82. The molecule has 1 fully saturated rings. The molecule has 0 unspecified atom stereocenters. The van der Waals surface area contributed by atoms with Crippen molar-refractivity contribution in [1.82, 2.24) is 5.32 Å². The number of non-ortho nitro benzene ring substituents is 1. The van der Waals surface area contributed by atoms with Crippen LogP contribution in [0.25, 0.3) is 0 Å². The van der Waals surface area contributed by atoms with E-state index in [0.29, 0.717) is 22.9 Å². The zero-order valence-electron chi connectivity index (χ0n) is 17.4. The van der Waals surface area contributed by atoms with E-state index in [0.717, 1.165) is 5.56 Å². The number of amides is 2. The van der Waals surface area contributed by atoms with Crippen LogP contribution in [0.15, 0.2) is 36.4 Å². The van der Waals surface area contributed by atoms with Gasteiger partial charge >= 0.3 is 0 Å². The first-order chi connectivity index (χ1) is 14.9. The van der Waals surface area contributed by atoms with Gasteiger partial charge in [0.25, 0.3) is 5.69 Å². The highest BCUT2D eigenvalue weighted by atomic mass is 16.6. The highest BCUT2D eigenvalue weighted by Gasteiger charge is 2.36. The fourth-order valence-electron chi connectivity index (χ4n) is 3.42. The Morgan fingerprint density at radius 1 is 1.13 bits per heavy atom. The molecule has 0 saturated carbocycles. The van der Waals surface area contributed by atoms with Crippen LogP contribution in [-0.4, -0.2) is 44.6 Å². The molecule has 0 spiro atoms. The third-order valence-electron chi connectivity index (χ3n) is 5.07. The summed E-state index contributed by atoms with van der Waals surface area (Å²) < 4.78 is 16.0. The van der Waals surface area contributed by atoms with Gasteiger partial charge in [0.05, 0.1) is 37.9 Å². The van der Waals surface area contributed by atoms with Crippen molar-refractivity contribution in [1.29, 1.82) is 0 Å². The minimum atomic E-state index is -0.523. The average Bonchev–Trinajstić information content (AvgIpc) is 3.18. The van der Waals surface area contributed by atoms with Gasteiger partial charge in [0.2, 0.25) is 17.6 Å².